The highest BCUT2D eigenvalue weighted by atomic mass is 16.1. The van der Waals surface area contributed by atoms with Gasteiger partial charge in [0.15, 0.2) is 0 Å². The van der Waals surface area contributed by atoms with Crippen molar-refractivity contribution in [2.24, 2.45) is 0 Å². The standard InChI is InChI=1S/C29H25N3O/c33-28(30-23-16-8-3-9-17-23)27-26(22-14-6-2-7-15-22)24-18-10-11-19-31-25(20-32(27)29(24)31)21-12-4-1-5-13-21/h1-9,12-17,20H,10-11,18-19H2,(H,30,33). The van der Waals surface area contributed by atoms with Gasteiger partial charge in [0.2, 0.25) is 0 Å². The van der Waals surface area contributed by atoms with E-state index < -0.39 is 0 Å². The Balaban J connectivity index is 1.63. The lowest BCUT2D eigenvalue weighted by Crippen LogP contribution is -2.15. The number of benzene rings is 3. The van der Waals surface area contributed by atoms with Gasteiger partial charge in [0.1, 0.15) is 11.3 Å². The third-order valence-corrected chi connectivity index (χ3v) is 6.51. The summed E-state index contributed by atoms with van der Waals surface area (Å²) < 4.78 is 4.53. The van der Waals surface area contributed by atoms with E-state index in [-0.39, 0.29) is 5.91 Å². The van der Waals surface area contributed by atoms with Crippen molar-refractivity contribution in [3.63, 3.8) is 0 Å². The molecule has 3 aromatic carbocycles. The first kappa shape index (κ1) is 19.6. The molecule has 0 saturated heterocycles. The maximum atomic E-state index is 13.8. The second kappa shape index (κ2) is 8.14. The quantitative estimate of drug-likeness (QED) is 0.339. The summed E-state index contributed by atoms with van der Waals surface area (Å²) in [6, 6.07) is 30.5. The van der Waals surface area contributed by atoms with Gasteiger partial charge in [-0.3, -0.25) is 9.20 Å². The van der Waals surface area contributed by atoms with Crippen LogP contribution in [0.4, 0.5) is 5.69 Å². The molecule has 0 atom stereocenters. The van der Waals surface area contributed by atoms with Crippen molar-refractivity contribution >= 4 is 17.2 Å². The SMILES string of the molecule is O=C(Nc1ccccc1)c1c(-c2ccccc2)c2c3n(c(-c4ccccc4)cn13)CCCC2. The van der Waals surface area contributed by atoms with E-state index in [4.69, 9.17) is 0 Å². The molecule has 4 nitrogen and oxygen atoms in total. The molecular weight excluding hydrogens is 406 g/mol. The van der Waals surface area contributed by atoms with Gasteiger partial charge >= 0.3 is 0 Å². The molecule has 0 radical (unpaired) electrons. The average molecular weight is 432 g/mol. The van der Waals surface area contributed by atoms with Gasteiger partial charge in [-0.25, -0.2) is 0 Å². The van der Waals surface area contributed by atoms with Crippen molar-refractivity contribution in [1.29, 1.82) is 0 Å². The number of amides is 1. The molecule has 0 bridgehead atoms. The average Bonchev–Trinajstić information content (AvgIpc) is 3.29. The number of imidazole rings is 1. The molecule has 2 aromatic heterocycles. The third-order valence-electron chi connectivity index (χ3n) is 6.51. The van der Waals surface area contributed by atoms with E-state index in [1.165, 1.54) is 11.1 Å². The normalized spacial score (nSPS) is 13.1. The van der Waals surface area contributed by atoms with Crippen LogP contribution in [0.1, 0.15) is 28.9 Å². The van der Waals surface area contributed by atoms with Crippen LogP contribution in [0.15, 0.2) is 97.2 Å². The van der Waals surface area contributed by atoms with Gasteiger partial charge in [0, 0.05) is 29.6 Å². The van der Waals surface area contributed by atoms with Crippen LogP contribution in [0.25, 0.3) is 28.0 Å². The van der Waals surface area contributed by atoms with E-state index in [9.17, 15) is 4.79 Å². The molecule has 0 saturated carbocycles. The number of nitrogens with zero attached hydrogens (tertiary/aromatic N) is 2. The summed E-state index contributed by atoms with van der Waals surface area (Å²) in [4.78, 5) is 13.8. The predicted molar refractivity (Wildman–Crippen MR) is 134 cm³/mol. The van der Waals surface area contributed by atoms with Crippen LogP contribution in [0.3, 0.4) is 0 Å². The maximum Gasteiger partial charge on any atom is 0.273 e. The number of carbonyl (C=O) groups excluding carboxylic acids is 1. The van der Waals surface area contributed by atoms with Gasteiger partial charge in [-0.1, -0.05) is 78.9 Å². The minimum absolute atomic E-state index is 0.0846. The summed E-state index contributed by atoms with van der Waals surface area (Å²) >= 11 is 0. The molecule has 1 amide bonds. The van der Waals surface area contributed by atoms with Crippen LogP contribution >= 0.6 is 0 Å². The first-order valence-electron chi connectivity index (χ1n) is 11.5. The Morgan fingerprint density at radius 1 is 0.758 bits per heavy atom. The minimum atomic E-state index is -0.0846. The Bertz CT molecular complexity index is 1430. The van der Waals surface area contributed by atoms with Crippen LogP contribution in [0.2, 0.25) is 0 Å². The fourth-order valence-electron chi connectivity index (χ4n) is 5.08. The van der Waals surface area contributed by atoms with Crippen molar-refractivity contribution in [3.8, 4) is 22.4 Å². The van der Waals surface area contributed by atoms with Crippen LogP contribution in [0, 0.1) is 0 Å². The van der Waals surface area contributed by atoms with Crippen LogP contribution in [0.5, 0.6) is 0 Å². The molecule has 4 heteroatoms. The first-order chi connectivity index (χ1) is 16.3. The number of nitrogens with one attached hydrogen (secondary N) is 1. The number of aromatic nitrogens is 2. The van der Waals surface area contributed by atoms with Gasteiger partial charge in [0.05, 0.1) is 5.69 Å². The van der Waals surface area contributed by atoms with E-state index in [0.717, 1.165) is 54.0 Å². The Kier molecular flexibility index (Phi) is 4.84. The number of para-hydroxylation sites is 1. The highest BCUT2D eigenvalue weighted by Gasteiger charge is 2.29. The zero-order chi connectivity index (χ0) is 22.2. The summed E-state index contributed by atoms with van der Waals surface area (Å²) in [5, 5.41) is 3.13. The van der Waals surface area contributed by atoms with Crippen LogP contribution in [-0.2, 0) is 13.0 Å². The Labute approximate surface area is 193 Å². The molecular formula is C29H25N3O. The van der Waals surface area contributed by atoms with E-state index in [0.29, 0.717) is 5.69 Å². The molecule has 3 heterocycles. The van der Waals surface area contributed by atoms with Gasteiger partial charge in [-0.15, -0.1) is 0 Å². The lowest BCUT2D eigenvalue weighted by Gasteiger charge is -2.10. The van der Waals surface area contributed by atoms with Gasteiger partial charge in [-0.05, 0) is 42.5 Å². The summed E-state index contributed by atoms with van der Waals surface area (Å²) in [5.74, 6) is -0.0846. The molecule has 1 aliphatic heterocycles. The molecule has 1 aliphatic rings. The number of hydrogen-bond acceptors (Lipinski definition) is 1. The predicted octanol–water partition coefficient (Wildman–Crippen LogP) is 6.66. The van der Waals surface area contributed by atoms with E-state index in [1.807, 2.05) is 54.6 Å². The summed E-state index contributed by atoms with van der Waals surface area (Å²) in [6.45, 7) is 0.950. The molecule has 1 N–H and O–H groups in total. The van der Waals surface area contributed by atoms with Crippen molar-refractivity contribution < 1.29 is 4.79 Å². The largest absolute Gasteiger partial charge is 0.325 e. The van der Waals surface area contributed by atoms with Crippen LogP contribution in [-0.4, -0.2) is 14.9 Å². The molecule has 0 aliphatic carbocycles. The van der Waals surface area contributed by atoms with Crippen molar-refractivity contribution in [2.45, 2.75) is 25.8 Å². The number of rotatable bonds is 4. The fraction of sp³-hybridized carbons (Fsp3) is 0.138. The van der Waals surface area contributed by atoms with E-state index in [1.54, 1.807) is 0 Å². The van der Waals surface area contributed by atoms with Crippen molar-refractivity contribution in [3.05, 3.63) is 108 Å². The second-order valence-electron chi connectivity index (χ2n) is 8.57. The monoisotopic (exact) mass is 431 g/mol. The lowest BCUT2D eigenvalue weighted by molar-refractivity contribution is 0.102. The fourth-order valence-corrected chi connectivity index (χ4v) is 5.08. The number of aryl methyl sites for hydroxylation is 2. The molecule has 0 spiro atoms. The Morgan fingerprint density at radius 3 is 2.09 bits per heavy atom. The lowest BCUT2D eigenvalue weighted by atomic mass is 9.98. The summed E-state index contributed by atoms with van der Waals surface area (Å²) in [6.07, 6.45) is 5.34. The number of carbonyl (C=O) groups is 1. The molecule has 5 aromatic rings. The van der Waals surface area contributed by atoms with E-state index in [2.05, 4.69) is 56.9 Å². The number of hydrogen-bond donors (Lipinski definition) is 1. The first-order valence-corrected chi connectivity index (χ1v) is 11.5. The molecule has 33 heavy (non-hydrogen) atoms. The highest BCUT2D eigenvalue weighted by Crippen LogP contribution is 2.39. The number of anilines is 1. The van der Waals surface area contributed by atoms with Gasteiger partial charge in [0.25, 0.3) is 5.91 Å². The van der Waals surface area contributed by atoms with Crippen molar-refractivity contribution in [2.75, 3.05) is 5.32 Å². The Hall–Kier alpha value is -4.05. The van der Waals surface area contributed by atoms with Gasteiger partial charge < -0.3 is 9.88 Å². The smallest absolute Gasteiger partial charge is 0.273 e. The molecule has 0 fully saturated rings. The third kappa shape index (κ3) is 3.35. The Morgan fingerprint density at radius 2 is 1.39 bits per heavy atom. The maximum absolute atomic E-state index is 13.8. The van der Waals surface area contributed by atoms with Crippen LogP contribution < -0.4 is 5.32 Å². The minimum Gasteiger partial charge on any atom is -0.325 e. The summed E-state index contributed by atoms with van der Waals surface area (Å²) in [7, 11) is 0. The van der Waals surface area contributed by atoms with E-state index >= 15 is 0 Å². The highest BCUT2D eigenvalue weighted by molar-refractivity contribution is 6.10. The molecule has 0 unspecified atom stereocenters. The molecule has 162 valence electrons. The second-order valence-corrected chi connectivity index (χ2v) is 8.57. The summed E-state index contributed by atoms with van der Waals surface area (Å²) in [5.41, 5.74) is 8.37. The zero-order valence-corrected chi connectivity index (χ0v) is 18.4. The van der Waals surface area contributed by atoms with Crippen molar-refractivity contribution in [1.82, 2.24) is 8.97 Å². The van der Waals surface area contributed by atoms with Gasteiger partial charge in [-0.2, -0.15) is 0 Å². The topological polar surface area (TPSA) is 38.4 Å². The molecule has 6 rings (SSSR count). The zero-order valence-electron chi connectivity index (χ0n) is 18.4.